The van der Waals surface area contributed by atoms with Crippen LogP contribution in [0.4, 0.5) is 0 Å². The number of rotatable bonds is 7. The van der Waals surface area contributed by atoms with Crippen LogP contribution in [0.5, 0.6) is 5.75 Å². The maximum atomic E-state index is 11.9. The highest BCUT2D eigenvalue weighted by Gasteiger charge is 2.16. The molecule has 154 valence electrons. The van der Waals surface area contributed by atoms with Crippen molar-refractivity contribution in [3.05, 3.63) is 54.1 Å². The summed E-state index contributed by atoms with van der Waals surface area (Å²) in [6.07, 6.45) is 0. The third-order valence-electron chi connectivity index (χ3n) is 4.21. The number of aromatic nitrogens is 3. The Labute approximate surface area is 176 Å². The molecule has 29 heavy (non-hydrogen) atoms. The first-order valence-corrected chi connectivity index (χ1v) is 8.90. The summed E-state index contributed by atoms with van der Waals surface area (Å²) in [6, 6.07) is 15.6. The second-order valence-electron chi connectivity index (χ2n) is 6.66. The lowest BCUT2D eigenvalue weighted by atomic mass is 10.1. The van der Waals surface area contributed by atoms with Gasteiger partial charge in [0.2, 0.25) is 0 Å². The molecule has 0 saturated carbocycles. The molecule has 0 N–H and O–H groups in total. The van der Waals surface area contributed by atoms with Crippen molar-refractivity contribution in [3.8, 4) is 28.5 Å². The molecule has 7 nitrogen and oxygen atoms in total. The van der Waals surface area contributed by atoms with E-state index in [0.29, 0.717) is 11.6 Å². The van der Waals surface area contributed by atoms with Gasteiger partial charge in [-0.05, 0) is 50.0 Å². The van der Waals surface area contributed by atoms with Crippen LogP contribution in [0.3, 0.4) is 0 Å². The van der Waals surface area contributed by atoms with Gasteiger partial charge in [-0.1, -0.05) is 18.2 Å². The lowest BCUT2D eigenvalue weighted by Crippen LogP contribution is -2.14. The minimum Gasteiger partial charge on any atom is -0.497 e. The molecule has 0 saturated heterocycles. The molecular weight excluding hydrogens is 392 g/mol. The summed E-state index contributed by atoms with van der Waals surface area (Å²) in [5, 5.41) is 4.57. The Bertz CT molecular complexity index is 955. The minimum atomic E-state index is -0.382. The van der Waals surface area contributed by atoms with Crippen molar-refractivity contribution in [2.75, 3.05) is 28.3 Å². The van der Waals surface area contributed by atoms with Crippen molar-refractivity contribution >= 4 is 18.4 Å². The second-order valence-corrected chi connectivity index (χ2v) is 6.66. The van der Waals surface area contributed by atoms with Crippen LogP contribution in [-0.4, -0.2) is 53.9 Å². The zero-order valence-electron chi connectivity index (χ0n) is 17.0. The molecule has 0 spiro atoms. The predicted octanol–water partition coefficient (Wildman–Crippen LogP) is 3.28. The molecule has 0 aliphatic rings. The number of nitrogens with zero attached hydrogens (tertiary/aromatic N) is 4. The van der Waals surface area contributed by atoms with E-state index in [0.717, 1.165) is 29.0 Å². The van der Waals surface area contributed by atoms with Crippen LogP contribution >= 0.6 is 12.4 Å². The fraction of sp³-hybridized carbons (Fsp3) is 0.286. The zero-order chi connectivity index (χ0) is 20.1. The smallest absolute Gasteiger partial charge is 0.327 e. The molecule has 3 rings (SSSR count). The van der Waals surface area contributed by atoms with Crippen LogP contribution in [0.25, 0.3) is 22.8 Å². The molecule has 0 amide bonds. The molecule has 0 atom stereocenters. The van der Waals surface area contributed by atoms with E-state index in [2.05, 4.69) is 22.1 Å². The number of carbonyl (C=O) groups excluding carboxylic acids is 1. The number of halogens is 1. The summed E-state index contributed by atoms with van der Waals surface area (Å²) in [4.78, 5) is 18.7. The summed E-state index contributed by atoms with van der Waals surface area (Å²) in [5.41, 5.74) is 2.91. The molecule has 2 aromatic carbocycles. The van der Waals surface area contributed by atoms with Gasteiger partial charge in [0, 0.05) is 17.7 Å². The van der Waals surface area contributed by atoms with E-state index in [1.807, 2.05) is 50.5 Å². The van der Waals surface area contributed by atoms with Gasteiger partial charge in [-0.3, -0.25) is 4.79 Å². The number of methoxy groups -OCH3 is 2. The predicted molar refractivity (Wildman–Crippen MR) is 114 cm³/mol. The van der Waals surface area contributed by atoms with Crippen LogP contribution in [0.1, 0.15) is 5.56 Å². The van der Waals surface area contributed by atoms with Gasteiger partial charge in [0.25, 0.3) is 0 Å². The fourth-order valence-electron chi connectivity index (χ4n) is 2.89. The molecule has 0 aliphatic heterocycles. The number of hydrogen-bond acceptors (Lipinski definition) is 6. The molecule has 1 heterocycles. The molecule has 3 aromatic rings. The number of carbonyl (C=O) groups is 1. The Morgan fingerprint density at radius 1 is 1.07 bits per heavy atom. The first kappa shape index (κ1) is 22.4. The van der Waals surface area contributed by atoms with Gasteiger partial charge in [-0.25, -0.2) is 9.67 Å². The zero-order valence-corrected chi connectivity index (χ0v) is 17.8. The van der Waals surface area contributed by atoms with Gasteiger partial charge in [0.05, 0.1) is 14.2 Å². The highest BCUT2D eigenvalue weighted by Crippen LogP contribution is 2.25. The normalized spacial score (nSPS) is 10.5. The molecule has 0 aliphatic carbocycles. The number of esters is 1. The van der Waals surface area contributed by atoms with Crippen molar-refractivity contribution in [2.24, 2.45) is 0 Å². The molecule has 0 fully saturated rings. The van der Waals surface area contributed by atoms with Crippen LogP contribution in [0.2, 0.25) is 0 Å². The third kappa shape index (κ3) is 5.56. The summed E-state index contributed by atoms with van der Waals surface area (Å²) >= 11 is 0. The van der Waals surface area contributed by atoms with E-state index in [1.54, 1.807) is 11.8 Å². The standard InChI is InChI=1S/C21H24N4O3.ClH/c1-24(2)13-15-6-5-7-17(12-15)20-22-21(25(23-20)14-19(26)28-4)16-8-10-18(27-3)11-9-16;/h5-12H,13-14H2,1-4H3;1H. The van der Waals surface area contributed by atoms with E-state index < -0.39 is 0 Å². The van der Waals surface area contributed by atoms with Crippen molar-refractivity contribution < 1.29 is 14.3 Å². The maximum absolute atomic E-state index is 11.9. The second kappa shape index (κ2) is 10.0. The maximum Gasteiger partial charge on any atom is 0.327 e. The first-order valence-electron chi connectivity index (χ1n) is 8.90. The number of hydrogen-bond donors (Lipinski definition) is 0. The Morgan fingerprint density at radius 3 is 2.41 bits per heavy atom. The quantitative estimate of drug-likeness (QED) is 0.550. The monoisotopic (exact) mass is 416 g/mol. The van der Waals surface area contributed by atoms with Crippen molar-refractivity contribution in [3.63, 3.8) is 0 Å². The molecule has 0 bridgehead atoms. The van der Waals surface area contributed by atoms with Crippen LogP contribution in [-0.2, 0) is 22.6 Å². The highest BCUT2D eigenvalue weighted by molar-refractivity contribution is 5.85. The Hall–Kier alpha value is -2.90. The van der Waals surface area contributed by atoms with Crippen molar-refractivity contribution in [1.82, 2.24) is 19.7 Å². The Kier molecular flexibility index (Phi) is 7.75. The van der Waals surface area contributed by atoms with Gasteiger partial charge < -0.3 is 14.4 Å². The van der Waals surface area contributed by atoms with E-state index in [9.17, 15) is 4.79 Å². The summed E-state index contributed by atoms with van der Waals surface area (Å²) in [7, 11) is 7.03. The first-order chi connectivity index (χ1) is 13.5. The SMILES string of the molecule is COC(=O)Cn1nc(-c2cccc(CN(C)C)c2)nc1-c1ccc(OC)cc1.Cl. The highest BCUT2D eigenvalue weighted by atomic mass is 35.5. The van der Waals surface area contributed by atoms with Gasteiger partial charge in [0.1, 0.15) is 12.3 Å². The largest absolute Gasteiger partial charge is 0.497 e. The van der Waals surface area contributed by atoms with E-state index in [-0.39, 0.29) is 24.9 Å². The average molecular weight is 417 g/mol. The number of benzene rings is 2. The van der Waals surface area contributed by atoms with Gasteiger partial charge in [-0.15, -0.1) is 17.5 Å². The Morgan fingerprint density at radius 2 is 1.79 bits per heavy atom. The van der Waals surface area contributed by atoms with Gasteiger partial charge in [0.15, 0.2) is 11.6 Å². The van der Waals surface area contributed by atoms with Crippen molar-refractivity contribution in [1.29, 1.82) is 0 Å². The summed E-state index contributed by atoms with van der Waals surface area (Å²) < 4.78 is 11.6. The molecule has 1 aromatic heterocycles. The van der Waals surface area contributed by atoms with Crippen LogP contribution in [0.15, 0.2) is 48.5 Å². The van der Waals surface area contributed by atoms with E-state index >= 15 is 0 Å². The molecular formula is C21H25ClN4O3. The van der Waals surface area contributed by atoms with E-state index in [4.69, 9.17) is 14.5 Å². The average Bonchev–Trinajstić information content (AvgIpc) is 3.11. The van der Waals surface area contributed by atoms with Crippen molar-refractivity contribution in [2.45, 2.75) is 13.1 Å². The molecule has 0 radical (unpaired) electrons. The summed E-state index contributed by atoms with van der Waals surface area (Å²) in [5.74, 6) is 1.53. The van der Waals surface area contributed by atoms with E-state index in [1.165, 1.54) is 7.11 Å². The summed E-state index contributed by atoms with van der Waals surface area (Å²) in [6.45, 7) is 0.810. The van der Waals surface area contributed by atoms with Crippen LogP contribution < -0.4 is 4.74 Å². The molecule has 0 unspecified atom stereocenters. The lowest BCUT2D eigenvalue weighted by Gasteiger charge is -2.09. The topological polar surface area (TPSA) is 69.5 Å². The number of ether oxygens (including phenoxy) is 2. The third-order valence-corrected chi connectivity index (χ3v) is 4.21. The molecule has 8 heteroatoms. The fourth-order valence-corrected chi connectivity index (χ4v) is 2.89. The van der Waals surface area contributed by atoms with Gasteiger partial charge in [-0.2, -0.15) is 0 Å². The Balaban J connectivity index is 0.00000300. The van der Waals surface area contributed by atoms with Gasteiger partial charge >= 0.3 is 5.97 Å². The van der Waals surface area contributed by atoms with Crippen LogP contribution in [0, 0.1) is 0 Å². The lowest BCUT2D eigenvalue weighted by molar-refractivity contribution is -0.141. The minimum absolute atomic E-state index is 0.